The van der Waals surface area contributed by atoms with E-state index in [0.29, 0.717) is 41.0 Å². The number of hydrogen-bond donors (Lipinski definition) is 0. The van der Waals surface area contributed by atoms with Gasteiger partial charge in [-0.25, -0.2) is 14.5 Å². The topological polar surface area (TPSA) is 83.3 Å². The zero-order valence-corrected chi connectivity index (χ0v) is 20.4. The van der Waals surface area contributed by atoms with Gasteiger partial charge in [0, 0.05) is 17.7 Å². The number of nitrogens with zero attached hydrogens (tertiary/aromatic N) is 3. The van der Waals surface area contributed by atoms with Crippen LogP contribution in [-0.2, 0) is 32.6 Å². The van der Waals surface area contributed by atoms with E-state index in [9.17, 15) is 9.59 Å². The van der Waals surface area contributed by atoms with E-state index in [1.54, 1.807) is 19.9 Å². The highest BCUT2D eigenvalue weighted by atomic mass is 16.5. The molecule has 3 aromatic rings. The van der Waals surface area contributed by atoms with Gasteiger partial charge in [-0.05, 0) is 52.7 Å². The summed E-state index contributed by atoms with van der Waals surface area (Å²) in [6.07, 6.45) is 1.48. The first-order valence-electron chi connectivity index (χ1n) is 11.5. The highest BCUT2D eigenvalue weighted by Gasteiger charge is 2.27. The van der Waals surface area contributed by atoms with Crippen LogP contribution in [0, 0.1) is 0 Å². The first-order chi connectivity index (χ1) is 15.7. The molecule has 176 valence electrons. The molecule has 0 bridgehead atoms. The van der Waals surface area contributed by atoms with Crippen LogP contribution in [0.1, 0.15) is 69.6 Å². The van der Waals surface area contributed by atoms with E-state index in [2.05, 4.69) is 19.1 Å². The zero-order chi connectivity index (χ0) is 24.2. The molecule has 1 aromatic carbocycles. The lowest BCUT2D eigenvalue weighted by Crippen LogP contribution is -2.23. The molecule has 2 heterocycles. The Hall–Kier alpha value is -3.22. The lowest BCUT2D eigenvalue weighted by molar-refractivity contribution is -0.143. The van der Waals surface area contributed by atoms with Crippen LogP contribution in [0.25, 0.3) is 22.3 Å². The van der Waals surface area contributed by atoms with Crippen molar-refractivity contribution in [1.29, 1.82) is 0 Å². The Morgan fingerprint density at radius 2 is 1.67 bits per heavy atom. The Balaban J connectivity index is 2.24. The summed E-state index contributed by atoms with van der Waals surface area (Å²) in [7, 11) is 0. The van der Waals surface area contributed by atoms with Crippen molar-refractivity contribution < 1.29 is 19.1 Å². The SMILES string of the molecule is CCOC(=O)CCc1cc(C(=O)OCC)c2c(-c3ccc(CC)cc3)nn(C(C)(C)C)c2n1. The minimum absolute atomic E-state index is 0.184. The van der Waals surface area contributed by atoms with Gasteiger partial charge < -0.3 is 9.47 Å². The van der Waals surface area contributed by atoms with Crippen LogP contribution in [0.4, 0.5) is 0 Å². The molecule has 0 aliphatic heterocycles. The minimum Gasteiger partial charge on any atom is -0.466 e. The lowest BCUT2D eigenvalue weighted by atomic mass is 10.0. The van der Waals surface area contributed by atoms with E-state index in [1.807, 2.05) is 37.6 Å². The number of pyridine rings is 1. The lowest BCUT2D eigenvalue weighted by Gasteiger charge is -2.20. The Morgan fingerprint density at radius 1 is 1.00 bits per heavy atom. The fourth-order valence-corrected chi connectivity index (χ4v) is 3.70. The first-order valence-corrected chi connectivity index (χ1v) is 11.5. The Bertz CT molecular complexity index is 1140. The first kappa shape index (κ1) is 24.4. The van der Waals surface area contributed by atoms with Crippen molar-refractivity contribution >= 4 is 23.0 Å². The molecule has 0 N–H and O–H groups in total. The van der Waals surface area contributed by atoms with Gasteiger partial charge in [0.25, 0.3) is 0 Å². The number of rotatable bonds is 8. The molecule has 0 amide bonds. The summed E-state index contributed by atoms with van der Waals surface area (Å²) in [6.45, 7) is 12.4. The van der Waals surface area contributed by atoms with Crippen LogP contribution in [-0.4, -0.2) is 39.9 Å². The number of fused-ring (bicyclic) bond motifs is 1. The molecule has 2 aromatic heterocycles. The van der Waals surface area contributed by atoms with Gasteiger partial charge in [0.1, 0.15) is 5.69 Å². The van der Waals surface area contributed by atoms with Crippen LogP contribution in [0.2, 0.25) is 0 Å². The van der Waals surface area contributed by atoms with Crippen molar-refractivity contribution in [2.75, 3.05) is 13.2 Å². The summed E-state index contributed by atoms with van der Waals surface area (Å²) in [5, 5.41) is 5.57. The van der Waals surface area contributed by atoms with Gasteiger partial charge in [-0.15, -0.1) is 0 Å². The van der Waals surface area contributed by atoms with Crippen molar-refractivity contribution in [1.82, 2.24) is 14.8 Å². The smallest absolute Gasteiger partial charge is 0.339 e. The molecule has 33 heavy (non-hydrogen) atoms. The van der Waals surface area contributed by atoms with Gasteiger partial charge >= 0.3 is 11.9 Å². The van der Waals surface area contributed by atoms with Crippen molar-refractivity contribution in [3.63, 3.8) is 0 Å². The molecule has 7 heteroatoms. The molecule has 7 nitrogen and oxygen atoms in total. The number of hydrogen-bond acceptors (Lipinski definition) is 6. The summed E-state index contributed by atoms with van der Waals surface area (Å²) in [6, 6.07) is 9.91. The second kappa shape index (κ2) is 10.1. The number of esters is 2. The normalized spacial score (nSPS) is 11.6. The number of carbonyl (C=O) groups excluding carboxylic acids is 2. The maximum absolute atomic E-state index is 13.0. The molecular formula is C26H33N3O4. The zero-order valence-electron chi connectivity index (χ0n) is 20.4. The van der Waals surface area contributed by atoms with E-state index >= 15 is 0 Å². The van der Waals surface area contributed by atoms with Gasteiger partial charge in [-0.3, -0.25) is 4.79 Å². The van der Waals surface area contributed by atoms with Gasteiger partial charge in [-0.2, -0.15) is 5.10 Å². The summed E-state index contributed by atoms with van der Waals surface area (Å²) < 4.78 is 12.3. The maximum atomic E-state index is 13.0. The maximum Gasteiger partial charge on any atom is 0.339 e. The second-order valence-electron chi connectivity index (χ2n) is 8.87. The predicted molar refractivity (Wildman–Crippen MR) is 128 cm³/mol. The quantitative estimate of drug-likeness (QED) is 0.444. The van der Waals surface area contributed by atoms with E-state index < -0.39 is 5.97 Å². The third-order valence-corrected chi connectivity index (χ3v) is 5.35. The average molecular weight is 452 g/mol. The van der Waals surface area contributed by atoms with Crippen LogP contribution >= 0.6 is 0 Å². The second-order valence-corrected chi connectivity index (χ2v) is 8.87. The number of ether oxygens (including phenoxy) is 2. The number of carbonyl (C=O) groups is 2. The summed E-state index contributed by atoms with van der Waals surface area (Å²) in [5.41, 5.74) is 4.08. The molecule has 0 aliphatic rings. The molecule has 0 unspecified atom stereocenters. The van der Waals surface area contributed by atoms with Crippen LogP contribution in [0.5, 0.6) is 0 Å². The Labute approximate surface area is 195 Å². The molecule has 0 fully saturated rings. The molecule has 0 saturated carbocycles. The van der Waals surface area contributed by atoms with Gasteiger partial charge in [0.15, 0.2) is 5.65 Å². The summed E-state index contributed by atoms with van der Waals surface area (Å²) in [5.74, 6) is -0.722. The monoisotopic (exact) mass is 451 g/mol. The van der Waals surface area contributed by atoms with E-state index in [4.69, 9.17) is 19.6 Å². The third kappa shape index (κ3) is 5.41. The molecule has 0 atom stereocenters. The highest BCUT2D eigenvalue weighted by molar-refractivity contribution is 6.08. The fraction of sp³-hybridized carbons (Fsp3) is 0.462. The number of aromatic nitrogens is 3. The highest BCUT2D eigenvalue weighted by Crippen LogP contribution is 2.34. The molecule has 0 radical (unpaired) electrons. The van der Waals surface area contributed by atoms with E-state index in [1.165, 1.54) is 5.56 Å². The Kier molecular flexibility index (Phi) is 7.51. The summed E-state index contributed by atoms with van der Waals surface area (Å²) in [4.78, 5) is 29.8. The van der Waals surface area contributed by atoms with Crippen molar-refractivity contribution in [2.24, 2.45) is 0 Å². The molecule has 0 saturated heterocycles. The van der Waals surface area contributed by atoms with Crippen LogP contribution < -0.4 is 0 Å². The van der Waals surface area contributed by atoms with Gasteiger partial charge in [-0.1, -0.05) is 31.2 Å². The van der Waals surface area contributed by atoms with E-state index in [-0.39, 0.29) is 24.5 Å². The van der Waals surface area contributed by atoms with Crippen LogP contribution in [0.3, 0.4) is 0 Å². The van der Waals surface area contributed by atoms with Crippen molar-refractivity contribution in [2.45, 2.75) is 66.3 Å². The fourth-order valence-electron chi connectivity index (χ4n) is 3.70. The summed E-state index contributed by atoms with van der Waals surface area (Å²) >= 11 is 0. The largest absolute Gasteiger partial charge is 0.466 e. The number of aryl methyl sites for hydroxylation is 2. The molecule has 0 aliphatic carbocycles. The average Bonchev–Trinajstić information content (AvgIpc) is 3.17. The van der Waals surface area contributed by atoms with Gasteiger partial charge in [0.2, 0.25) is 0 Å². The standard InChI is InChI=1S/C26H33N3O4/c1-7-17-10-12-18(13-11-17)23-22-20(25(31)33-9-3)16-19(14-15-21(30)32-8-2)27-24(22)29(28-23)26(4,5)6/h10-13,16H,7-9,14-15H2,1-6H3. The third-order valence-electron chi connectivity index (χ3n) is 5.35. The van der Waals surface area contributed by atoms with Crippen molar-refractivity contribution in [3.8, 4) is 11.3 Å². The van der Waals surface area contributed by atoms with Crippen LogP contribution in [0.15, 0.2) is 30.3 Å². The van der Waals surface area contributed by atoms with Crippen molar-refractivity contribution in [3.05, 3.63) is 47.2 Å². The molecule has 3 rings (SSSR count). The van der Waals surface area contributed by atoms with E-state index in [0.717, 1.165) is 12.0 Å². The minimum atomic E-state index is -0.429. The number of benzene rings is 1. The molecule has 0 spiro atoms. The van der Waals surface area contributed by atoms with Gasteiger partial charge in [0.05, 0.1) is 36.1 Å². The molecular weight excluding hydrogens is 418 g/mol. The predicted octanol–water partition coefficient (Wildman–Crippen LogP) is 5.09. The Morgan fingerprint density at radius 3 is 2.24 bits per heavy atom.